The molecule has 0 spiro atoms. The van der Waals surface area contributed by atoms with E-state index < -0.39 is 11.6 Å². The smallest absolute Gasteiger partial charge is 0.130 e. The van der Waals surface area contributed by atoms with Crippen molar-refractivity contribution in [1.82, 2.24) is 5.32 Å². The first-order valence-electron chi connectivity index (χ1n) is 8.30. The molecular formula is C18H27F2N. The summed E-state index contributed by atoms with van der Waals surface area (Å²) in [5, 5.41) is 3.43. The molecule has 118 valence electrons. The lowest BCUT2D eigenvalue weighted by Gasteiger charge is -2.22. The molecule has 1 aromatic rings. The third-order valence-corrected chi connectivity index (χ3v) is 4.63. The lowest BCUT2D eigenvalue weighted by Crippen LogP contribution is -2.24. The van der Waals surface area contributed by atoms with Crippen LogP contribution in [-0.2, 0) is 0 Å². The second-order valence-corrected chi connectivity index (χ2v) is 6.36. The molecule has 1 fully saturated rings. The second kappa shape index (κ2) is 7.88. The Morgan fingerprint density at radius 2 is 1.90 bits per heavy atom. The fourth-order valence-corrected chi connectivity index (χ4v) is 3.33. The van der Waals surface area contributed by atoms with Crippen molar-refractivity contribution < 1.29 is 8.78 Å². The van der Waals surface area contributed by atoms with E-state index in [9.17, 15) is 8.78 Å². The van der Waals surface area contributed by atoms with Crippen molar-refractivity contribution in [1.29, 1.82) is 0 Å². The van der Waals surface area contributed by atoms with Crippen LogP contribution in [0.25, 0.3) is 0 Å². The summed E-state index contributed by atoms with van der Waals surface area (Å²) in [4.78, 5) is 0. The van der Waals surface area contributed by atoms with E-state index in [1.165, 1.54) is 25.7 Å². The van der Waals surface area contributed by atoms with Crippen molar-refractivity contribution in [3.05, 3.63) is 34.9 Å². The van der Waals surface area contributed by atoms with Crippen molar-refractivity contribution >= 4 is 0 Å². The van der Waals surface area contributed by atoms with E-state index in [-0.39, 0.29) is 6.04 Å². The minimum absolute atomic E-state index is 0.00449. The maximum Gasteiger partial charge on any atom is 0.130 e. The molecule has 0 heterocycles. The van der Waals surface area contributed by atoms with E-state index in [1.807, 2.05) is 0 Å². The molecule has 3 heteroatoms. The van der Waals surface area contributed by atoms with Gasteiger partial charge in [-0.15, -0.1) is 0 Å². The zero-order valence-corrected chi connectivity index (χ0v) is 13.2. The Morgan fingerprint density at radius 1 is 1.19 bits per heavy atom. The van der Waals surface area contributed by atoms with Gasteiger partial charge in [0.2, 0.25) is 0 Å². The van der Waals surface area contributed by atoms with E-state index in [0.717, 1.165) is 37.8 Å². The number of aryl methyl sites for hydroxylation is 1. The topological polar surface area (TPSA) is 12.0 Å². The van der Waals surface area contributed by atoms with Gasteiger partial charge in [0.1, 0.15) is 11.6 Å². The van der Waals surface area contributed by atoms with E-state index in [1.54, 1.807) is 13.0 Å². The summed E-state index contributed by atoms with van der Waals surface area (Å²) < 4.78 is 27.6. The summed E-state index contributed by atoms with van der Waals surface area (Å²) in [5.74, 6) is -0.0834. The van der Waals surface area contributed by atoms with Crippen LogP contribution in [0, 0.1) is 24.5 Å². The summed E-state index contributed by atoms with van der Waals surface area (Å²) in [6.45, 7) is 4.67. The lowest BCUT2D eigenvalue weighted by atomic mass is 9.93. The molecule has 1 aromatic carbocycles. The Balaban J connectivity index is 2.08. The van der Waals surface area contributed by atoms with Crippen LogP contribution >= 0.6 is 0 Å². The Hall–Kier alpha value is -0.960. The molecule has 1 unspecified atom stereocenters. The highest BCUT2D eigenvalue weighted by molar-refractivity contribution is 5.28. The van der Waals surface area contributed by atoms with Gasteiger partial charge in [0.15, 0.2) is 0 Å². The molecule has 1 atom stereocenters. The summed E-state index contributed by atoms with van der Waals surface area (Å²) in [6.07, 6.45) is 8.38. The van der Waals surface area contributed by atoms with Gasteiger partial charge < -0.3 is 5.32 Å². The zero-order chi connectivity index (χ0) is 15.2. The fourth-order valence-electron chi connectivity index (χ4n) is 3.33. The largest absolute Gasteiger partial charge is 0.310 e. The van der Waals surface area contributed by atoms with Crippen molar-refractivity contribution in [2.45, 2.75) is 64.8 Å². The van der Waals surface area contributed by atoms with E-state index in [4.69, 9.17) is 0 Å². The molecular weight excluding hydrogens is 268 g/mol. The number of hydrogen-bond acceptors (Lipinski definition) is 1. The van der Waals surface area contributed by atoms with Crippen LogP contribution in [0.1, 0.15) is 69.0 Å². The molecule has 21 heavy (non-hydrogen) atoms. The van der Waals surface area contributed by atoms with Crippen molar-refractivity contribution in [3.63, 3.8) is 0 Å². The molecule has 1 saturated carbocycles. The van der Waals surface area contributed by atoms with Gasteiger partial charge in [-0.25, -0.2) is 8.78 Å². The van der Waals surface area contributed by atoms with Crippen LogP contribution in [0.15, 0.2) is 12.1 Å². The minimum Gasteiger partial charge on any atom is -0.310 e. The Labute approximate surface area is 127 Å². The molecule has 0 aromatic heterocycles. The SMILES string of the molecule is CCCNC(CCC1CCCC1)c1cc(C)c(F)cc1F. The maximum atomic E-state index is 14.1. The number of rotatable bonds is 7. The fraction of sp³-hybridized carbons (Fsp3) is 0.667. The van der Waals surface area contributed by atoms with Gasteiger partial charge in [0.05, 0.1) is 0 Å². The first-order chi connectivity index (χ1) is 10.1. The maximum absolute atomic E-state index is 14.1. The normalized spacial score (nSPS) is 17.3. The highest BCUT2D eigenvalue weighted by Crippen LogP contribution is 2.32. The molecule has 0 aliphatic heterocycles. The molecule has 0 radical (unpaired) electrons. The highest BCUT2D eigenvalue weighted by atomic mass is 19.1. The van der Waals surface area contributed by atoms with Crippen molar-refractivity contribution in [3.8, 4) is 0 Å². The molecule has 1 nitrogen and oxygen atoms in total. The predicted octanol–water partition coefficient (Wildman–Crippen LogP) is 5.28. The predicted molar refractivity (Wildman–Crippen MR) is 83.3 cm³/mol. The van der Waals surface area contributed by atoms with Crippen LogP contribution < -0.4 is 5.32 Å². The third kappa shape index (κ3) is 4.50. The van der Waals surface area contributed by atoms with Gasteiger partial charge in [-0.2, -0.15) is 0 Å². The van der Waals surface area contributed by atoms with Crippen LogP contribution in [0.3, 0.4) is 0 Å². The molecule has 1 aliphatic rings. The van der Waals surface area contributed by atoms with Crippen LogP contribution in [-0.4, -0.2) is 6.54 Å². The number of nitrogens with one attached hydrogen (secondary N) is 1. The van der Waals surface area contributed by atoms with Crippen LogP contribution in [0.4, 0.5) is 8.78 Å². The summed E-state index contributed by atoms with van der Waals surface area (Å²) in [6, 6.07) is 2.71. The van der Waals surface area contributed by atoms with Gasteiger partial charge in [0, 0.05) is 17.7 Å². The average molecular weight is 295 g/mol. The van der Waals surface area contributed by atoms with Gasteiger partial charge in [-0.1, -0.05) is 32.6 Å². The average Bonchev–Trinajstić information content (AvgIpc) is 2.97. The Morgan fingerprint density at radius 3 is 2.57 bits per heavy atom. The number of halogens is 2. The standard InChI is InChI=1S/C18H27F2N/c1-3-10-21-18(9-8-14-6-4-5-7-14)15-11-13(2)16(19)12-17(15)20/h11-12,14,18,21H,3-10H2,1-2H3. The van der Waals surface area contributed by atoms with Gasteiger partial charge in [-0.05, 0) is 50.3 Å². The number of benzene rings is 1. The highest BCUT2D eigenvalue weighted by Gasteiger charge is 2.21. The zero-order valence-electron chi connectivity index (χ0n) is 13.2. The minimum atomic E-state index is -0.457. The molecule has 0 bridgehead atoms. The number of hydrogen-bond donors (Lipinski definition) is 1. The summed E-state index contributed by atoms with van der Waals surface area (Å²) in [5.41, 5.74) is 1.15. The van der Waals surface area contributed by atoms with Crippen molar-refractivity contribution in [2.24, 2.45) is 5.92 Å². The summed E-state index contributed by atoms with van der Waals surface area (Å²) in [7, 11) is 0. The van der Waals surface area contributed by atoms with E-state index in [0.29, 0.717) is 11.1 Å². The van der Waals surface area contributed by atoms with E-state index in [2.05, 4.69) is 12.2 Å². The van der Waals surface area contributed by atoms with Gasteiger partial charge >= 0.3 is 0 Å². The molecule has 0 saturated heterocycles. The molecule has 1 N–H and O–H groups in total. The molecule has 1 aliphatic carbocycles. The Bertz CT molecular complexity index is 453. The second-order valence-electron chi connectivity index (χ2n) is 6.36. The summed E-state index contributed by atoms with van der Waals surface area (Å²) >= 11 is 0. The van der Waals surface area contributed by atoms with Gasteiger partial charge in [0.25, 0.3) is 0 Å². The first-order valence-corrected chi connectivity index (χ1v) is 8.30. The Kier molecular flexibility index (Phi) is 6.16. The van der Waals surface area contributed by atoms with E-state index >= 15 is 0 Å². The monoisotopic (exact) mass is 295 g/mol. The molecule has 0 amide bonds. The quantitative estimate of drug-likeness (QED) is 0.721. The molecule has 2 rings (SSSR count). The first kappa shape index (κ1) is 16.4. The third-order valence-electron chi connectivity index (χ3n) is 4.63. The lowest BCUT2D eigenvalue weighted by molar-refractivity contribution is 0.401. The van der Waals surface area contributed by atoms with Crippen molar-refractivity contribution in [2.75, 3.05) is 6.54 Å². The van der Waals surface area contributed by atoms with Crippen LogP contribution in [0.5, 0.6) is 0 Å². The van der Waals surface area contributed by atoms with Gasteiger partial charge in [-0.3, -0.25) is 0 Å². The van der Waals surface area contributed by atoms with Crippen LogP contribution in [0.2, 0.25) is 0 Å².